The molecule has 5 heteroatoms. The van der Waals surface area contributed by atoms with E-state index in [1.807, 2.05) is 25.1 Å². The number of aryl methyl sites for hydroxylation is 1. The third kappa shape index (κ3) is 3.51. The minimum absolute atomic E-state index is 0.0527. The summed E-state index contributed by atoms with van der Waals surface area (Å²) < 4.78 is 6.42. The molecule has 1 amide bonds. The number of ether oxygens (including phenoxy) is 1. The summed E-state index contributed by atoms with van der Waals surface area (Å²) in [6, 6.07) is 14.0. The van der Waals surface area contributed by atoms with Crippen molar-refractivity contribution in [2.45, 2.75) is 38.0 Å². The number of benzene rings is 2. The molecule has 1 aliphatic carbocycles. The maximum Gasteiger partial charge on any atom is 0.225 e. The number of carbonyl (C=O) groups is 2. The maximum atomic E-state index is 13.2. The smallest absolute Gasteiger partial charge is 0.225 e. The zero-order valence-electron chi connectivity index (χ0n) is 15.9. The fourth-order valence-electron chi connectivity index (χ4n) is 4.28. The van der Waals surface area contributed by atoms with Crippen molar-refractivity contribution in [3.05, 3.63) is 74.9 Å². The first kappa shape index (κ1) is 18.9. The molecule has 1 heterocycles. The van der Waals surface area contributed by atoms with Gasteiger partial charge in [0.25, 0.3) is 0 Å². The van der Waals surface area contributed by atoms with E-state index in [0.717, 1.165) is 26.9 Å². The van der Waals surface area contributed by atoms with Crippen LogP contribution in [-0.2, 0) is 9.59 Å². The summed E-state index contributed by atoms with van der Waals surface area (Å²) in [7, 11) is 1.61. The summed E-state index contributed by atoms with van der Waals surface area (Å²) >= 11 is 3.50. The predicted molar refractivity (Wildman–Crippen MR) is 111 cm³/mol. The minimum Gasteiger partial charge on any atom is -0.496 e. The SMILES string of the molecule is COc1ccc(Br)cc1C1CC(=O)NC2=C1C(=O)CC(c1ccc(C)cc1)C2. The summed E-state index contributed by atoms with van der Waals surface area (Å²) in [6.45, 7) is 2.05. The van der Waals surface area contributed by atoms with Gasteiger partial charge in [-0.15, -0.1) is 0 Å². The molecule has 28 heavy (non-hydrogen) atoms. The molecule has 144 valence electrons. The largest absolute Gasteiger partial charge is 0.496 e. The van der Waals surface area contributed by atoms with Gasteiger partial charge in [0, 0.05) is 40.1 Å². The summed E-state index contributed by atoms with van der Waals surface area (Å²) in [4.78, 5) is 25.7. The maximum absolute atomic E-state index is 13.2. The monoisotopic (exact) mass is 439 g/mol. The van der Waals surface area contributed by atoms with Gasteiger partial charge in [0.1, 0.15) is 5.75 Å². The zero-order chi connectivity index (χ0) is 19.8. The van der Waals surface area contributed by atoms with E-state index >= 15 is 0 Å². The van der Waals surface area contributed by atoms with Crippen LogP contribution < -0.4 is 10.1 Å². The molecule has 0 bridgehead atoms. The lowest BCUT2D eigenvalue weighted by Crippen LogP contribution is -2.38. The molecule has 0 fully saturated rings. The summed E-state index contributed by atoms with van der Waals surface area (Å²) in [5.74, 6) is 0.572. The van der Waals surface area contributed by atoms with Crippen molar-refractivity contribution in [1.82, 2.24) is 5.32 Å². The number of hydrogen-bond donors (Lipinski definition) is 1. The molecule has 2 unspecified atom stereocenters. The highest BCUT2D eigenvalue weighted by Crippen LogP contribution is 2.45. The van der Waals surface area contributed by atoms with Crippen molar-refractivity contribution in [2.75, 3.05) is 7.11 Å². The Bertz CT molecular complexity index is 978. The average Bonchev–Trinajstić information content (AvgIpc) is 2.67. The Morgan fingerprint density at radius 1 is 1.04 bits per heavy atom. The number of halogens is 1. The molecule has 0 spiro atoms. The lowest BCUT2D eigenvalue weighted by atomic mass is 9.73. The van der Waals surface area contributed by atoms with Crippen molar-refractivity contribution in [2.24, 2.45) is 0 Å². The highest BCUT2D eigenvalue weighted by molar-refractivity contribution is 9.10. The van der Waals surface area contributed by atoms with Crippen LogP contribution in [-0.4, -0.2) is 18.8 Å². The third-order valence-corrected chi connectivity index (χ3v) is 6.15. The van der Waals surface area contributed by atoms with E-state index in [1.165, 1.54) is 5.56 Å². The standard InChI is InChI=1S/C23H22BrNO3/c1-13-3-5-14(6-4-13)15-9-19-23(20(26)10-15)18(12-22(27)25-19)17-11-16(24)7-8-21(17)28-2/h3-8,11,15,18H,9-10,12H2,1-2H3,(H,25,27). The topological polar surface area (TPSA) is 55.4 Å². The highest BCUT2D eigenvalue weighted by Gasteiger charge is 2.39. The molecule has 1 N–H and O–H groups in total. The first-order chi connectivity index (χ1) is 13.5. The Kier molecular flexibility index (Phi) is 5.11. The predicted octanol–water partition coefficient (Wildman–Crippen LogP) is 4.77. The van der Waals surface area contributed by atoms with E-state index in [-0.39, 0.29) is 29.9 Å². The zero-order valence-corrected chi connectivity index (χ0v) is 17.5. The molecular weight excluding hydrogens is 418 g/mol. The molecule has 2 aromatic carbocycles. The molecule has 2 aliphatic rings. The van der Waals surface area contributed by atoms with Crippen molar-refractivity contribution in [1.29, 1.82) is 0 Å². The number of carbonyl (C=O) groups excluding carboxylic acids is 2. The second-order valence-electron chi connectivity index (χ2n) is 7.52. The van der Waals surface area contributed by atoms with Crippen LogP contribution in [0.15, 0.2) is 58.2 Å². The van der Waals surface area contributed by atoms with Crippen molar-refractivity contribution in [3.8, 4) is 5.75 Å². The summed E-state index contributed by atoms with van der Waals surface area (Å²) in [6.07, 6.45) is 1.39. The van der Waals surface area contributed by atoms with E-state index < -0.39 is 0 Å². The molecular formula is C23H22BrNO3. The Hall–Kier alpha value is -2.40. The lowest BCUT2D eigenvalue weighted by molar-refractivity contribution is -0.122. The van der Waals surface area contributed by atoms with Crippen LogP contribution in [0.3, 0.4) is 0 Å². The van der Waals surface area contributed by atoms with E-state index in [9.17, 15) is 9.59 Å². The molecule has 2 atom stereocenters. The van der Waals surface area contributed by atoms with Gasteiger partial charge < -0.3 is 10.1 Å². The lowest BCUT2D eigenvalue weighted by Gasteiger charge is -2.35. The number of allylic oxidation sites excluding steroid dienone is 2. The van der Waals surface area contributed by atoms with Crippen LogP contribution >= 0.6 is 15.9 Å². The van der Waals surface area contributed by atoms with Crippen LogP contribution in [0.2, 0.25) is 0 Å². The van der Waals surface area contributed by atoms with Gasteiger partial charge in [0.2, 0.25) is 5.91 Å². The minimum atomic E-state index is -0.275. The van der Waals surface area contributed by atoms with Gasteiger partial charge in [-0.2, -0.15) is 0 Å². The van der Waals surface area contributed by atoms with Crippen molar-refractivity contribution < 1.29 is 14.3 Å². The summed E-state index contributed by atoms with van der Waals surface area (Å²) in [5, 5.41) is 2.98. The molecule has 4 rings (SSSR count). The van der Waals surface area contributed by atoms with Gasteiger partial charge in [-0.3, -0.25) is 9.59 Å². The van der Waals surface area contributed by atoms with E-state index in [0.29, 0.717) is 18.6 Å². The number of ketones is 1. The normalized spacial score (nSPS) is 22.0. The molecule has 2 aromatic rings. The van der Waals surface area contributed by atoms with Crippen LogP contribution in [0.5, 0.6) is 5.75 Å². The van der Waals surface area contributed by atoms with Crippen LogP contribution in [0.4, 0.5) is 0 Å². The Labute approximate surface area is 173 Å². The second kappa shape index (κ2) is 7.55. The average molecular weight is 440 g/mol. The first-order valence-electron chi connectivity index (χ1n) is 9.42. The van der Waals surface area contributed by atoms with Crippen LogP contribution in [0, 0.1) is 6.92 Å². The van der Waals surface area contributed by atoms with Gasteiger partial charge in [0.05, 0.1) is 7.11 Å². The van der Waals surface area contributed by atoms with E-state index in [1.54, 1.807) is 7.11 Å². The number of rotatable bonds is 3. The fraction of sp³-hybridized carbons (Fsp3) is 0.304. The molecule has 1 aliphatic heterocycles. The molecule has 0 radical (unpaired) electrons. The summed E-state index contributed by atoms with van der Waals surface area (Å²) in [5.41, 5.74) is 4.71. The Morgan fingerprint density at radius 3 is 2.50 bits per heavy atom. The number of nitrogens with one attached hydrogen (secondary N) is 1. The quantitative estimate of drug-likeness (QED) is 0.748. The van der Waals surface area contributed by atoms with Crippen LogP contribution in [0.1, 0.15) is 47.8 Å². The molecule has 0 aromatic heterocycles. The van der Waals surface area contributed by atoms with Gasteiger partial charge in [0.15, 0.2) is 5.78 Å². The van der Waals surface area contributed by atoms with Crippen molar-refractivity contribution >= 4 is 27.6 Å². The van der Waals surface area contributed by atoms with Gasteiger partial charge in [-0.25, -0.2) is 0 Å². The number of amides is 1. The third-order valence-electron chi connectivity index (χ3n) is 5.65. The molecule has 0 saturated heterocycles. The van der Waals surface area contributed by atoms with E-state index in [2.05, 4.69) is 45.5 Å². The second-order valence-corrected chi connectivity index (χ2v) is 8.44. The van der Waals surface area contributed by atoms with Gasteiger partial charge in [-0.05, 0) is 43.0 Å². The van der Waals surface area contributed by atoms with E-state index in [4.69, 9.17) is 4.74 Å². The Balaban J connectivity index is 1.75. The number of Topliss-reactive ketones (excluding diaryl/α,β-unsaturated/α-hetero) is 1. The molecule has 0 saturated carbocycles. The fourth-order valence-corrected chi connectivity index (χ4v) is 4.66. The van der Waals surface area contributed by atoms with Crippen LogP contribution in [0.25, 0.3) is 0 Å². The highest BCUT2D eigenvalue weighted by atomic mass is 79.9. The number of hydrogen-bond acceptors (Lipinski definition) is 3. The molecule has 4 nitrogen and oxygen atoms in total. The van der Waals surface area contributed by atoms with Crippen molar-refractivity contribution in [3.63, 3.8) is 0 Å². The van der Waals surface area contributed by atoms with Gasteiger partial charge >= 0.3 is 0 Å². The van der Waals surface area contributed by atoms with Gasteiger partial charge in [-0.1, -0.05) is 45.8 Å². The first-order valence-corrected chi connectivity index (χ1v) is 10.2. The number of methoxy groups -OCH3 is 1. The Morgan fingerprint density at radius 2 is 1.79 bits per heavy atom.